The zero-order chi connectivity index (χ0) is 15.7. The van der Waals surface area contributed by atoms with Gasteiger partial charge in [-0.1, -0.05) is 60.2 Å². The van der Waals surface area contributed by atoms with Crippen molar-refractivity contribution in [3.63, 3.8) is 0 Å². The molecule has 0 bridgehead atoms. The molecule has 0 aromatic heterocycles. The zero-order valence-corrected chi connectivity index (χ0v) is 12.5. The number of nitrogens with zero attached hydrogens (tertiary/aromatic N) is 1. The molecule has 0 fully saturated rings. The van der Waals surface area contributed by atoms with Crippen LogP contribution in [0.4, 0.5) is 0 Å². The quantitative estimate of drug-likeness (QED) is 0.892. The van der Waals surface area contributed by atoms with Crippen LogP contribution >= 0.6 is 0 Å². The van der Waals surface area contributed by atoms with Gasteiger partial charge >= 0.3 is 0 Å². The SMILES string of the molecule is Cc1ccc([C@@H]2C[C@](O)(c3ccccc3)C(N)=C2C#N)cc1. The fraction of sp³-hybridized carbons (Fsp3) is 0.211. The van der Waals surface area contributed by atoms with E-state index < -0.39 is 5.60 Å². The average Bonchev–Trinajstić information content (AvgIpc) is 2.81. The van der Waals surface area contributed by atoms with Crippen LogP contribution in [0.1, 0.15) is 29.0 Å². The Morgan fingerprint density at radius 3 is 2.36 bits per heavy atom. The van der Waals surface area contributed by atoms with E-state index in [1.54, 1.807) is 0 Å². The van der Waals surface area contributed by atoms with Gasteiger partial charge in [0.2, 0.25) is 0 Å². The van der Waals surface area contributed by atoms with E-state index in [9.17, 15) is 10.4 Å². The number of aryl methyl sites for hydroxylation is 1. The first-order valence-electron chi connectivity index (χ1n) is 7.31. The van der Waals surface area contributed by atoms with E-state index in [2.05, 4.69) is 6.07 Å². The second-order valence-corrected chi connectivity index (χ2v) is 5.83. The maximum absolute atomic E-state index is 11.1. The van der Waals surface area contributed by atoms with Crippen molar-refractivity contribution in [3.05, 3.63) is 82.6 Å². The van der Waals surface area contributed by atoms with Crippen molar-refractivity contribution in [2.24, 2.45) is 5.73 Å². The smallest absolute Gasteiger partial charge is 0.131 e. The minimum atomic E-state index is -1.28. The molecule has 3 nitrogen and oxygen atoms in total. The van der Waals surface area contributed by atoms with E-state index in [4.69, 9.17) is 5.73 Å². The van der Waals surface area contributed by atoms with Crippen molar-refractivity contribution >= 4 is 0 Å². The van der Waals surface area contributed by atoms with E-state index in [1.807, 2.05) is 61.5 Å². The lowest BCUT2D eigenvalue weighted by Crippen LogP contribution is -2.29. The highest BCUT2D eigenvalue weighted by molar-refractivity contribution is 5.50. The van der Waals surface area contributed by atoms with Gasteiger partial charge in [0.05, 0.1) is 17.3 Å². The lowest BCUT2D eigenvalue weighted by atomic mass is 9.86. The summed E-state index contributed by atoms with van der Waals surface area (Å²) in [6.07, 6.45) is 0.398. The standard InChI is InChI=1S/C19H18N2O/c1-13-7-9-14(10-8-13)16-11-19(22,18(21)17(16)12-20)15-5-3-2-4-6-15/h2-10,16,22H,11,21H2,1H3/t16-,19-/m0/s1. The number of nitrogens with two attached hydrogens (primary N) is 1. The number of rotatable bonds is 2. The average molecular weight is 290 g/mol. The second kappa shape index (κ2) is 5.32. The molecule has 1 aliphatic rings. The van der Waals surface area contributed by atoms with Gasteiger partial charge in [-0.05, 0) is 24.5 Å². The predicted molar refractivity (Wildman–Crippen MR) is 85.7 cm³/mol. The molecule has 3 heteroatoms. The molecule has 3 rings (SSSR count). The molecule has 22 heavy (non-hydrogen) atoms. The Labute approximate surface area is 130 Å². The predicted octanol–water partition coefficient (Wildman–Crippen LogP) is 3.11. The van der Waals surface area contributed by atoms with Crippen LogP contribution in [0.5, 0.6) is 0 Å². The molecule has 0 saturated heterocycles. The van der Waals surface area contributed by atoms with Crippen LogP contribution in [0.3, 0.4) is 0 Å². The van der Waals surface area contributed by atoms with Crippen molar-refractivity contribution < 1.29 is 5.11 Å². The Morgan fingerprint density at radius 1 is 1.14 bits per heavy atom. The van der Waals surface area contributed by atoms with Crippen LogP contribution in [0.15, 0.2) is 65.9 Å². The van der Waals surface area contributed by atoms with Crippen molar-refractivity contribution in [2.75, 3.05) is 0 Å². The molecule has 0 saturated carbocycles. The normalized spacial score (nSPS) is 24.3. The van der Waals surface area contributed by atoms with E-state index >= 15 is 0 Å². The molecule has 2 aromatic rings. The van der Waals surface area contributed by atoms with E-state index in [-0.39, 0.29) is 11.6 Å². The van der Waals surface area contributed by atoms with Gasteiger partial charge in [-0.15, -0.1) is 0 Å². The minimum Gasteiger partial charge on any atom is -0.399 e. The van der Waals surface area contributed by atoms with Gasteiger partial charge in [0, 0.05) is 5.92 Å². The highest BCUT2D eigenvalue weighted by atomic mass is 16.3. The number of nitriles is 1. The van der Waals surface area contributed by atoms with Crippen LogP contribution in [-0.2, 0) is 5.60 Å². The first kappa shape index (κ1) is 14.4. The molecule has 0 radical (unpaired) electrons. The van der Waals surface area contributed by atoms with Crippen LogP contribution in [-0.4, -0.2) is 5.11 Å². The molecule has 2 aromatic carbocycles. The summed E-state index contributed by atoms with van der Waals surface area (Å²) in [5.41, 5.74) is 8.53. The summed E-state index contributed by atoms with van der Waals surface area (Å²) in [6.45, 7) is 2.02. The molecule has 0 amide bonds. The zero-order valence-electron chi connectivity index (χ0n) is 12.5. The number of benzene rings is 2. The first-order valence-corrected chi connectivity index (χ1v) is 7.31. The van der Waals surface area contributed by atoms with Gasteiger partial charge in [-0.2, -0.15) is 5.26 Å². The van der Waals surface area contributed by atoms with Gasteiger partial charge in [0.25, 0.3) is 0 Å². The number of aliphatic hydroxyl groups is 1. The molecule has 0 heterocycles. The highest BCUT2D eigenvalue weighted by Gasteiger charge is 2.45. The van der Waals surface area contributed by atoms with Gasteiger partial charge < -0.3 is 10.8 Å². The Balaban J connectivity index is 2.07. The summed E-state index contributed by atoms with van der Waals surface area (Å²) in [4.78, 5) is 0. The fourth-order valence-corrected chi connectivity index (χ4v) is 3.13. The fourth-order valence-electron chi connectivity index (χ4n) is 3.13. The van der Waals surface area contributed by atoms with Gasteiger partial charge in [0.1, 0.15) is 5.60 Å². The third-order valence-electron chi connectivity index (χ3n) is 4.44. The lowest BCUT2D eigenvalue weighted by Gasteiger charge is -2.25. The largest absolute Gasteiger partial charge is 0.399 e. The van der Waals surface area contributed by atoms with E-state index in [0.29, 0.717) is 12.0 Å². The minimum absolute atomic E-state index is 0.171. The van der Waals surface area contributed by atoms with E-state index in [0.717, 1.165) is 16.7 Å². The van der Waals surface area contributed by atoms with E-state index in [1.165, 1.54) is 0 Å². The summed E-state index contributed by atoms with van der Waals surface area (Å²) < 4.78 is 0. The van der Waals surface area contributed by atoms with Crippen LogP contribution in [0.25, 0.3) is 0 Å². The number of hydrogen-bond acceptors (Lipinski definition) is 3. The third kappa shape index (κ3) is 2.18. The Hall–Kier alpha value is -2.57. The summed E-state index contributed by atoms with van der Waals surface area (Å²) in [5, 5.41) is 20.6. The maximum Gasteiger partial charge on any atom is 0.131 e. The summed E-state index contributed by atoms with van der Waals surface area (Å²) in [6, 6.07) is 19.5. The van der Waals surface area contributed by atoms with Crippen LogP contribution in [0.2, 0.25) is 0 Å². The van der Waals surface area contributed by atoms with Gasteiger partial charge in [-0.3, -0.25) is 0 Å². The topological polar surface area (TPSA) is 70.0 Å². The Kier molecular flexibility index (Phi) is 3.48. The molecule has 0 unspecified atom stereocenters. The maximum atomic E-state index is 11.1. The molecule has 2 atom stereocenters. The second-order valence-electron chi connectivity index (χ2n) is 5.83. The number of allylic oxidation sites excluding steroid dienone is 1. The third-order valence-corrected chi connectivity index (χ3v) is 4.44. The monoisotopic (exact) mass is 290 g/mol. The summed E-state index contributed by atoms with van der Waals surface area (Å²) in [5.74, 6) is -0.171. The van der Waals surface area contributed by atoms with Crippen molar-refractivity contribution in [1.29, 1.82) is 5.26 Å². The molecule has 3 N–H and O–H groups in total. The molecule has 0 aliphatic heterocycles. The molecule has 0 spiro atoms. The van der Waals surface area contributed by atoms with Crippen LogP contribution in [0, 0.1) is 18.3 Å². The van der Waals surface area contributed by atoms with Crippen LogP contribution < -0.4 is 5.73 Å². The summed E-state index contributed by atoms with van der Waals surface area (Å²) in [7, 11) is 0. The van der Waals surface area contributed by atoms with Crippen molar-refractivity contribution in [3.8, 4) is 6.07 Å². The molecule has 1 aliphatic carbocycles. The molecular weight excluding hydrogens is 272 g/mol. The lowest BCUT2D eigenvalue weighted by molar-refractivity contribution is 0.0724. The molecular formula is C19H18N2O. The Morgan fingerprint density at radius 2 is 1.77 bits per heavy atom. The van der Waals surface area contributed by atoms with Gasteiger partial charge in [0.15, 0.2) is 0 Å². The highest BCUT2D eigenvalue weighted by Crippen LogP contribution is 2.48. The molecule has 110 valence electrons. The summed E-state index contributed by atoms with van der Waals surface area (Å²) >= 11 is 0. The van der Waals surface area contributed by atoms with Crippen molar-refractivity contribution in [2.45, 2.75) is 24.9 Å². The number of hydrogen-bond donors (Lipinski definition) is 2. The Bertz CT molecular complexity index is 756. The van der Waals surface area contributed by atoms with Crippen molar-refractivity contribution in [1.82, 2.24) is 0 Å². The first-order chi connectivity index (χ1) is 10.6. The van der Waals surface area contributed by atoms with Gasteiger partial charge in [-0.25, -0.2) is 0 Å².